The van der Waals surface area contributed by atoms with Crippen molar-refractivity contribution in [1.82, 2.24) is 0 Å². The molecule has 0 aliphatic carbocycles. The number of nitrogens with two attached hydrogens (primary N) is 1. The van der Waals surface area contributed by atoms with Gasteiger partial charge in [0.2, 0.25) is 0 Å². The Labute approximate surface area is 117 Å². The van der Waals surface area contributed by atoms with Crippen LogP contribution in [-0.2, 0) is 16.3 Å². The monoisotopic (exact) mass is 283 g/mol. The Morgan fingerprint density at radius 3 is 2.05 bits per heavy atom. The van der Waals surface area contributed by atoms with Crippen LogP contribution in [0.2, 0.25) is 0 Å². The summed E-state index contributed by atoms with van der Waals surface area (Å²) in [6.07, 6.45) is 0.969. The standard InChI is InChI=1S/C15H25NO2S/c1-5-13-6-8-14(9-7-13)15(16)12(4)19(17,18)10-11(2)3/h6-9,11-12,15H,5,10,16H2,1-4H3. The molecule has 0 radical (unpaired) electrons. The van der Waals surface area contributed by atoms with E-state index < -0.39 is 21.1 Å². The first kappa shape index (κ1) is 16.2. The fourth-order valence-electron chi connectivity index (χ4n) is 2.09. The SMILES string of the molecule is CCc1ccc(C(N)C(C)S(=O)(=O)CC(C)C)cc1. The molecular weight excluding hydrogens is 258 g/mol. The lowest BCUT2D eigenvalue weighted by molar-refractivity contribution is 0.553. The third kappa shape index (κ3) is 4.32. The summed E-state index contributed by atoms with van der Waals surface area (Å²) in [7, 11) is -3.15. The summed E-state index contributed by atoms with van der Waals surface area (Å²) in [4.78, 5) is 0. The zero-order chi connectivity index (χ0) is 14.6. The summed E-state index contributed by atoms with van der Waals surface area (Å²) in [6.45, 7) is 7.61. The van der Waals surface area contributed by atoms with Gasteiger partial charge in [0.15, 0.2) is 9.84 Å². The molecule has 1 aromatic rings. The first-order valence-electron chi connectivity index (χ1n) is 6.84. The van der Waals surface area contributed by atoms with Gasteiger partial charge in [-0.2, -0.15) is 0 Å². The maximum atomic E-state index is 12.2. The summed E-state index contributed by atoms with van der Waals surface area (Å²) < 4.78 is 24.4. The molecule has 2 unspecified atom stereocenters. The lowest BCUT2D eigenvalue weighted by atomic mass is 10.0. The Hall–Kier alpha value is -0.870. The molecule has 19 heavy (non-hydrogen) atoms. The van der Waals surface area contributed by atoms with Crippen LogP contribution in [0.15, 0.2) is 24.3 Å². The van der Waals surface area contributed by atoms with E-state index in [-0.39, 0.29) is 11.7 Å². The Morgan fingerprint density at radius 2 is 1.63 bits per heavy atom. The highest BCUT2D eigenvalue weighted by atomic mass is 32.2. The summed E-state index contributed by atoms with van der Waals surface area (Å²) in [5.41, 5.74) is 8.23. The van der Waals surface area contributed by atoms with E-state index in [9.17, 15) is 8.42 Å². The van der Waals surface area contributed by atoms with Gasteiger partial charge in [-0.25, -0.2) is 8.42 Å². The van der Waals surface area contributed by atoms with E-state index in [0.717, 1.165) is 12.0 Å². The van der Waals surface area contributed by atoms with Crippen molar-refractivity contribution < 1.29 is 8.42 Å². The van der Waals surface area contributed by atoms with Crippen molar-refractivity contribution in [3.05, 3.63) is 35.4 Å². The van der Waals surface area contributed by atoms with Gasteiger partial charge in [-0.15, -0.1) is 0 Å². The lowest BCUT2D eigenvalue weighted by Gasteiger charge is -2.21. The fourth-order valence-corrected chi connectivity index (χ4v) is 3.92. The number of hydrogen-bond acceptors (Lipinski definition) is 3. The van der Waals surface area contributed by atoms with Crippen LogP contribution in [0.3, 0.4) is 0 Å². The van der Waals surface area contributed by atoms with Gasteiger partial charge >= 0.3 is 0 Å². The van der Waals surface area contributed by atoms with Crippen LogP contribution in [0.5, 0.6) is 0 Å². The minimum atomic E-state index is -3.15. The molecule has 0 heterocycles. The minimum Gasteiger partial charge on any atom is -0.323 e. The molecule has 0 saturated heterocycles. The highest BCUT2D eigenvalue weighted by Gasteiger charge is 2.28. The number of rotatable bonds is 6. The maximum Gasteiger partial charge on any atom is 0.155 e. The van der Waals surface area contributed by atoms with Crippen LogP contribution in [0, 0.1) is 5.92 Å². The molecule has 3 nitrogen and oxygen atoms in total. The van der Waals surface area contributed by atoms with Gasteiger partial charge in [-0.3, -0.25) is 0 Å². The van der Waals surface area contributed by atoms with Crippen LogP contribution in [0.4, 0.5) is 0 Å². The molecule has 0 aliphatic heterocycles. The molecule has 0 fully saturated rings. The second-order valence-electron chi connectivity index (χ2n) is 5.55. The first-order chi connectivity index (χ1) is 8.77. The third-order valence-electron chi connectivity index (χ3n) is 3.41. The highest BCUT2D eigenvalue weighted by molar-refractivity contribution is 7.92. The van der Waals surface area contributed by atoms with Crippen LogP contribution < -0.4 is 5.73 Å². The zero-order valence-corrected chi connectivity index (χ0v) is 13.1. The zero-order valence-electron chi connectivity index (χ0n) is 12.3. The number of hydrogen-bond donors (Lipinski definition) is 1. The van der Waals surface area contributed by atoms with E-state index >= 15 is 0 Å². The third-order valence-corrected chi connectivity index (χ3v) is 5.97. The molecule has 108 valence electrons. The average molecular weight is 283 g/mol. The quantitative estimate of drug-likeness (QED) is 0.873. The van der Waals surface area contributed by atoms with Crippen molar-refractivity contribution in [3.63, 3.8) is 0 Å². The Balaban J connectivity index is 2.89. The molecule has 0 aliphatic rings. The molecule has 4 heteroatoms. The Bertz CT molecular complexity index is 491. The molecule has 0 aromatic heterocycles. The van der Waals surface area contributed by atoms with Crippen molar-refractivity contribution in [1.29, 1.82) is 0 Å². The van der Waals surface area contributed by atoms with Crippen LogP contribution in [0.1, 0.15) is 44.9 Å². The molecule has 2 N–H and O–H groups in total. The van der Waals surface area contributed by atoms with Gasteiger partial charge < -0.3 is 5.73 Å². The Kier molecular flexibility index (Phi) is 5.56. The van der Waals surface area contributed by atoms with Crippen molar-refractivity contribution in [2.45, 2.75) is 45.4 Å². The summed E-state index contributed by atoms with van der Waals surface area (Å²) in [6, 6.07) is 7.43. The van der Waals surface area contributed by atoms with Gasteiger partial charge in [0.1, 0.15) is 0 Å². The van der Waals surface area contributed by atoms with Crippen molar-refractivity contribution in [3.8, 4) is 0 Å². The van der Waals surface area contributed by atoms with Gasteiger partial charge in [0.25, 0.3) is 0 Å². The second-order valence-corrected chi connectivity index (χ2v) is 7.95. The van der Waals surface area contributed by atoms with Gasteiger partial charge in [0.05, 0.1) is 11.0 Å². The maximum absolute atomic E-state index is 12.2. The average Bonchev–Trinajstić information content (AvgIpc) is 2.35. The van der Waals surface area contributed by atoms with E-state index in [1.165, 1.54) is 5.56 Å². The normalized spacial score (nSPS) is 15.5. The molecule has 0 saturated carbocycles. The van der Waals surface area contributed by atoms with Crippen LogP contribution in [0.25, 0.3) is 0 Å². The van der Waals surface area contributed by atoms with E-state index in [2.05, 4.69) is 6.92 Å². The highest BCUT2D eigenvalue weighted by Crippen LogP contribution is 2.22. The van der Waals surface area contributed by atoms with Crippen LogP contribution >= 0.6 is 0 Å². The van der Waals surface area contributed by atoms with E-state index in [1.807, 2.05) is 38.1 Å². The molecule has 1 aromatic carbocycles. The summed E-state index contributed by atoms with van der Waals surface area (Å²) in [5.74, 6) is 0.316. The van der Waals surface area contributed by atoms with E-state index in [0.29, 0.717) is 0 Å². The van der Waals surface area contributed by atoms with E-state index in [4.69, 9.17) is 5.73 Å². The van der Waals surface area contributed by atoms with Crippen molar-refractivity contribution >= 4 is 9.84 Å². The molecule has 2 atom stereocenters. The number of benzene rings is 1. The van der Waals surface area contributed by atoms with Crippen molar-refractivity contribution in [2.75, 3.05) is 5.75 Å². The predicted octanol–water partition coefficient (Wildman–Crippen LogP) is 2.71. The fraction of sp³-hybridized carbons (Fsp3) is 0.600. The Morgan fingerprint density at radius 1 is 1.11 bits per heavy atom. The molecule has 0 bridgehead atoms. The smallest absolute Gasteiger partial charge is 0.155 e. The molecule has 0 spiro atoms. The minimum absolute atomic E-state index is 0.127. The largest absolute Gasteiger partial charge is 0.323 e. The predicted molar refractivity (Wildman–Crippen MR) is 80.8 cm³/mol. The van der Waals surface area contributed by atoms with Gasteiger partial charge in [-0.05, 0) is 30.4 Å². The van der Waals surface area contributed by atoms with E-state index in [1.54, 1.807) is 6.92 Å². The topological polar surface area (TPSA) is 60.2 Å². The van der Waals surface area contributed by atoms with Crippen molar-refractivity contribution in [2.24, 2.45) is 11.7 Å². The number of aryl methyl sites for hydroxylation is 1. The summed E-state index contributed by atoms with van der Waals surface area (Å²) in [5, 5.41) is -0.553. The van der Waals surface area contributed by atoms with Gasteiger partial charge in [-0.1, -0.05) is 45.0 Å². The molecule has 1 rings (SSSR count). The lowest BCUT2D eigenvalue weighted by Crippen LogP contribution is -2.34. The first-order valence-corrected chi connectivity index (χ1v) is 8.55. The molecule has 0 amide bonds. The second kappa shape index (κ2) is 6.53. The van der Waals surface area contributed by atoms with Crippen LogP contribution in [-0.4, -0.2) is 19.4 Å². The summed E-state index contributed by atoms with van der Waals surface area (Å²) >= 11 is 0. The number of sulfone groups is 1. The molecular formula is C15H25NO2S. The van der Waals surface area contributed by atoms with Gasteiger partial charge in [0, 0.05) is 6.04 Å².